The van der Waals surface area contributed by atoms with Gasteiger partial charge in [-0.15, -0.1) is 0 Å². The SMILES string of the molecule is CCOc1ccc([C@@H]2C(C(=O)OC)=CN=c3s/c(=C\c4cc(Cl)c(OCc5ccc(I)cc5)c(OC)c4)c(=O)n32)cc1OCC. The number of halogens is 2. The second-order valence-electron chi connectivity index (χ2n) is 9.70. The fourth-order valence-electron chi connectivity index (χ4n) is 4.84. The van der Waals surface area contributed by atoms with Gasteiger partial charge in [-0.3, -0.25) is 9.36 Å². The number of thiazole rings is 1. The molecule has 0 fully saturated rings. The number of aromatic nitrogens is 1. The fraction of sp³-hybridized carbons (Fsp3) is 0.242. The van der Waals surface area contributed by atoms with Gasteiger partial charge in [0.2, 0.25) is 0 Å². The van der Waals surface area contributed by atoms with Crippen LogP contribution >= 0.6 is 45.5 Å². The Kier molecular flexibility index (Phi) is 10.5. The summed E-state index contributed by atoms with van der Waals surface area (Å²) < 4.78 is 31.2. The minimum absolute atomic E-state index is 0.211. The molecule has 0 amide bonds. The summed E-state index contributed by atoms with van der Waals surface area (Å²) in [5.74, 6) is 1.31. The Morgan fingerprint density at radius 1 is 1.00 bits per heavy atom. The average molecular weight is 761 g/mol. The number of nitrogens with zero attached hydrogens (tertiary/aromatic N) is 2. The van der Waals surface area contributed by atoms with Crippen molar-refractivity contribution < 1.29 is 28.5 Å². The van der Waals surface area contributed by atoms with Gasteiger partial charge < -0.3 is 23.7 Å². The van der Waals surface area contributed by atoms with E-state index in [9.17, 15) is 9.59 Å². The number of hydrogen-bond donors (Lipinski definition) is 0. The van der Waals surface area contributed by atoms with Crippen LogP contribution in [0.2, 0.25) is 5.02 Å². The van der Waals surface area contributed by atoms with Crippen LogP contribution < -0.4 is 33.8 Å². The molecule has 1 aliphatic heterocycles. The highest BCUT2D eigenvalue weighted by Crippen LogP contribution is 2.38. The van der Waals surface area contributed by atoms with Crippen LogP contribution in [0.15, 0.2) is 76.2 Å². The Balaban J connectivity index is 1.56. The lowest BCUT2D eigenvalue weighted by Gasteiger charge is -2.23. The zero-order valence-corrected chi connectivity index (χ0v) is 28.7. The molecule has 0 unspecified atom stereocenters. The summed E-state index contributed by atoms with van der Waals surface area (Å²) in [6.45, 7) is 4.93. The Labute approximate surface area is 282 Å². The third kappa shape index (κ3) is 7.05. The van der Waals surface area contributed by atoms with E-state index < -0.39 is 12.0 Å². The van der Waals surface area contributed by atoms with Crippen molar-refractivity contribution in [1.29, 1.82) is 0 Å². The molecule has 0 spiro atoms. The molecule has 0 saturated carbocycles. The largest absolute Gasteiger partial charge is 0.493 e. The summed E-state index contributed by atoms with van der Waals surface area (Å²) in [4.78, 5) is 31.7. The van der Waals surface area contributed by atoms with Gasteiger partial charge in [0.15, 0.2) is 27.8 Å². The molecule has 1 aliphatic rings. The van der Waals surface area contributed by atoms with E-state index in [2.05, 4.69) is 27.6 Å². The maximum Gasteiger partial charge on any atom is 0.337 e. The molecule has 1 aromatic heterocycles. The van der Waals surface area contributed by atoms with Crippen molar-refractivity contribution in [2.24, 2.45) is 4.99 Å². The number of fused-ring (bicyclic) bond motifs is 1. The quantitative estimate of drug-likeness (QED) is 0.144. The maximum atomic E-state index is 14.0. The first-order valence-corrected chi connectivity index (χ1v) is 16.3. The predicted molar refractivity (Wildman–Crippen MR) is 181 cm³/mol. The lowest BCUT2D eigenvalue weighted by molar-refractivity contribution is -0.136. The van der Waals surface area contributed by atoms with Gasteiger partial charge in [-0.2, -0.15) is 0 Å². The van der Waals surface area contributed by atoms with E-state index in [1.54, 1.807) is 36.4 Å². The van der Waals surface area contributed by atoms with Gasteiger partial charge in [0.1, 0.15) is 6.61 Å². The van der Waals surface area contributed by atoms with Gasteiger partial charge in [-0.05, 0) is 95.6 Å². The Hall–Kier alpha value is -3.81. The summed E-state index contributed by atoms with van der Waals surface area (Å²) in [5.41, 5.74) is 2.13. The lowest BCUT2D eigenvalue weighted by Crippen LogP contribution is -2.39. The van der Waals surface area contributed by atoms with Gasteiger partial charge >= 0.3 is 5.97 Å². The van der Waals surface area contributed by atoms with E-state index in [1.165, 1.54) is 36.3 Å². The van der Waals surface area contributed by atoms with Gasteiger partial charge in [-0.25, -0.2) is 9.79 Å². The molecule has 0 bridgehead atoms. The van der Waals surface area contributed by atoms with Gasteiger partial charge in [0, 0.05) is 9.77 Å². The van der Waals surface area contributed by atoms with E-state index in [-0.39, 0.29) is 11.1 Å². The standard InChI is InChI=1S/C33H30ClIN2O7S/c1-5-42-25-12-9-21(16-26(25)43-6-2)29-23(32(39)41-4)17-36-33-37(29)31(38)28(45-33)15-20-13-24(34)30(27(14-20)40-3)44-18-19-7-10-22(35)11-8-19/h7-17,29H,5-6,18H2,1-4H3/b28-15-/t29-/m1/s1. The summed E-state index contributed by atoms with van der Waals surface area (Å²) in [6, 6.07) is 16.0. The van der Waals surface area contributed by atoms with Crippen LogP contribution in [-0.2, 0) is 16.1 Å². The van der Waals surface area contributed by atoms with Crippen LogP contribution in [0.25, 0.3) is 6.08 Å². The molecule has 1 atom stereocenters. The van der Waals surface area contributed by atoms with Crippen LogP contribution in [0.3, 0.4) is 0 Å². The summed E-state index contributed by atoms with van der Waals surface area (Å²) in [6.07, 6.45) is 3.16. The van der Waals surface area contributed by atoms with Crippen molar-refractivity contribution in [3.63, 3.8) is 0 Å². The molecule has 0 saturated heterocycles. The minimum atomic E-state index is -0.805. The Morgan fingerprint density at radius 2 is 1.73 bits per heavy atom. The fourth-order valence-corrected chi connectivity index (χ4v) is 6.44. The number of methoxy groups -OCH3 is 2. The van der Waals surface area contributed by atoms with Crippen LogP contribution in [0.1, 0.15) is 36.6 Å². The van der Waals surface area contributed by atoms with Crippen molar-refractivity contribution in [2.45, 2.75) is 26.5 Å². The highest BCUT2D eigenvalue weighted by Gasteiger charge is 2.31. The average Bonchev–Trinajstić information content (AvgIpc) is 3.35. The molecule has 9 nitrogen and oxygen atoms in total. The zero-order valence-electron chi connectivity index (χ0n) is 25.0. The van der Waals surface area contributed by atoms with Crippen molar-refractivity contribution in [3.05, 3.63) is 111 Å². The Morgan fingerprint density at radius 3 is 2.42 bits per heavy atom. The summed E-state index contributed by atoms with van der Waals surface area (Å²) >= 11 is 10.1. The van der Waals surface area contributed by atoms with E-state index >= 15 is 0 Å². The molecule has 5 rings (SSSR count). The molecule has 3 aromatic carbocycles. The molecule has 4 aromatic rings. The molecule has 0 radical (unpaired) electrons. The van der Waals surface area contributed by atoms with Crippen molar-refractivity contribution in [3.8, 4) is 23.0 Å². The maximum absolute atomic E-state index is 14.0. The number of carbonyl (C=O) groups excluding carboxylic acids is 1. The highest BCUT2D eigenvalue weighted by molar-refractivity contribution is 14.1. The molecule has 45 heavy (non-hydrogen) atoms. The van der Waals surface area contributed by atoms with E-state index in [0.29, 0.717) is 68.3 Å². The van der Waals surface area contributed by atoms with Crippen molar-refractivity contribution in [1.82, 2.24) is 4.57 Å². The van der Waals surface area contributed by atoms with Crippen molar-refractivity contribution in [2.75, 3.05) is 27.4 Å². The Bertz CT molecular complexity index is 1940. The molecular weight excluding hydrogens is 731 g/mol. The number of rotatable bonds is 11. The van der Waals surface area contributed by atoms with Gasteiger partial charge in [-0.1, -0.05) is 41.1 Å². The number of ether oxygens (including phenoxy) is 5. The normalized spacial score (nSPS) is 14.2. The summed E-state index contributed by atoms with van der Waals surface area (Å²) in [7, 11) is 2.82. The highest BCUT2D eigenvalue weighted by atomic mass is 127. The monoisotopic (exact) mass is 760 g/mol. The van der Waals surface area contributed by atoms with Crippen LogP contribution in [-0.4, -0.2) is 38.0 Å². The topological polar surface area (TPSA) is 97.6 Å². The first-order chi connectivity index (χ1) is 21.8. The van der Waals surface area contributed by atoms with Crippen LogP contribution in [0.5, 0.6) is 23.0 Å². The number of hydrogen-bond acceptors (Lipinski definition) is 9. The second kappa shape index (κ2) is 14.5. The molecule has 0 aliphatic carbocycles. The first kappa shape index (κ1) is 32.6. The van der Waals surface area contributed by atoms with E-state index in [1.807, 2.05) is 38.1 Å². The summed E-state index contributed by atoms with van der Waals surface area (Å²) in [5, 5.41) is 0.336. The molecule has 12 heteroatoms. The first-order valence-electron chi connectivity index (χ1n) is 14.0. The predicted octanol–water partition coefficient (Wildman–Crippen LogP) is 5.66. The number of benzene rings is 3. The third-order valence-corrected chi connectivity index (χ3v) is 8.85. The molecule has 0 N–H and O–H groups in total. The second-order valence-corrected chi connectivity index (χ2v) is 12.4. The van der Waals surface area contributed by atoms with Crippen LogP contribution in [0, 0.1) is 3.57 Å². The molecular formula is C33H30ClIN2O7S. The third-order valence-electron chi connectivity index (χ3n) is 6.85. The minimum Gasteiger partial charge on any atom is -0.493 e. The van der Waals surface area contributed by atoms with E-state index in [0.717, 1.165) is 9.13 Å². The van der Waals surface area contributed by atoms with E-state index in [4.69, 9.17) is 35.3 Å². The van der Waals surface area contributed by atoms with Gasteiger partial charge in [0.25, 0.3) is 5.56 Å². The number of carbonyl (C=O) groups is 1. The molecule has 234 valence electrons. The molecule has 2 heterocycles. The zero-order chi connectivity index (χ0) is 32.1. The smallest absolute Gasteiger partial charge is 0.337 e. The van der Waals surface area contributed by atoms with Crippen molar-refractivity contribution >= 4 is 57.6 Å². The van der Waals surface area contributed by atoms with Crippen LogP contribution in [0.4, 0.5) is 0 Å². The number of esters is 1. The van der Waals surface area contributed by atoms with Gasteiger partial charge in [0.05, 0.1) is 48.6 Å². The lowest BCUT2D eigenvalue weighted by atomic mass is 9.97.